The number of benzene rings is 1. The molecule has 3 atom stereocenters. The molecule has 4 N–H and O–H groups in total. The van der Waals surface area contributed by atoms with E-state index in [-0.39, 0.29) is 23.6 Å². The first kappa shape index (κ1) is 24.9. The van der Waals surface area contributed by atoms with Gasteiger partial charge in [-0.2, -0.15) is 0 Å². The maximum absolute atomic E-state index is 13.0. The number of carbonyl (C=O) groups is 3. The van der Waals surface area contributed by atoms with Gasteiger partial charge in [0, 0.05) is 6.54 Å². The molecule has 0 bridgehead atoms. The van der Waals surface area contributed by atoms with Crippen LogP contribution in [-0.4, -0.2) is 48.9 Å². The Bertz CT molecular complexity index is 708. The van der Waals surface area contributed by atoms with Gasteiger partial charge in [0.1, 0.15) is 12.1 Å². The van der Waals surface area contributed by atoms with Gasteiger partial charge in [0.25, 0.3) is 0 Å². The standard InChI is InChI=1S/C24H38N4O3/c1-17(2)15-21-23(30)26-14-10-5-4-9-13-25-20(16-19-11-7-6-8-12-19)24(31)27-18(3)22(29)28-21/h6-8,11-12,17-18,20-21,25H,4-5,9-10,13-16H2,1-3H3,(H,26,30)(H,27,31)(H,28,29)/t18-,20-,21-/m0/s1. The van der Waals surface area contributed by atoms with E-state index in [0.717, 1.165) is 37.8 Å². The van der Waals surface area contributed by atoms with E-state index in [9.17, 15) is 14.4 Å². The number of carbonyl (C=O) groups excluding carboxylic acids is 3. The van der Waals surface area contributed by atoms with Crippen molar-refractivity contribution in [1.82, 2.24) is 21.3 Å². The molecule has 1 fully saturated rings. The van der Waals surface area contributed by atoms with E-state index in [1.165, 1.54) is 0 Å². The van der Waals surface area contributed by atoms with Crippen molar-refractivity contribution in [2.24, 2.45) is 5.92 Å². The Balaban J connectivity index is 2.10. The largest absolute Gasteiger partial charge is 0.354 e. The molecule has 1 aromatic carbocycles. The van der Waals surface area contributed by atoms with Crippen LogP contribution in [0.15, 0.2) is 30.3 Å². The minimum absolute atomic E-state index is 0.156. The predicted molar refractivity (Wildman–Crippen MR) is 122 cm³/mol. The maximum atomic E-state index is 13.0. The number of hydrogen-bond acceptors (Lipinski definition) is 4. The van der Waals surface area contributed by atoms with E-state index in [4.69, 9.17) is 0 Å². The summed E-state index contributed by atoms with van der Waals surface area (Å²) in [6.45, 7) is 7.03. The zero-order chi connectivity index (χ0) is 22.6. The molecule has 7 heteroatoms. The lowest BCUT2D eigenvalue weighted by molar-refractivity contribution is -0.132. The summed E-state index contributed by atoms with van der Waals surface area (Å²) in [5, 5.41) is 12.0. The van der Waals surface area contributed by atoms with E-state index in [0.29, 0.717) is 19.4 Å². The van der Waals surface area contributed by atoms with Gasteiger partial charge in [-0.1, -0.05) is 57.0 Å². The monoisotopic (exact) mass is 430 g/mol. The van der Waals surface area contributed by atoms with Crippen molar-refractivity contribution in [3.05, 3.63) is 35.9 Å². The number of hydrogen-bond donors (Lipinski definition) is 4. The van der Waals surface area contributed by atoms with Crippen molar-refractivity contribution in [3.63, 3.8) is 0 Å². The molecule has 1 heterocycles. The van der Waals surface area contributed by atoms with Gasteiger partial charge in [0.05, 0.1) is 6.04 Å². The van der Waals surface area contributed by atoms with Gasteiger partial charge in [-0.3, -0.25) is 14.4 Å². The summed E-state index contributed by atoms with van der Waals surface area (Å²) in [4.78, 5) is 38.3. The number of amides is 3. The molecular weight excluding hydrogens is 392 g/mol. The summed E-state index contributed by atoms with van der Waals surface area (Å²) in [6.07, 6.45) is 5.01. The Morgan fingerprint density at radius 2 is 1.52 bits per heavy atom. The van der Waals surface area contributed by atoms with Crippen molar-refractivity contribution < 1.29 is 14.4 Å². The lowest BCUT2D eigenvalue weighted by Gasteiger charge is -2.25. The Morgan fingerprint density at radius 1 is 0.839 bits per heavy atom. The van der Waals surface area contributed by atoms with E-state index in [2.05, 4.69) is 21.3 Å². The highest BCUT2D eigenvalue weighted by Crippen LogP contribution is 2.08. The molecule has 2 rings (SSSR count). The second kappa shape index (κ2) is 13.1. The summed E-state index contributed by atoms with van der Waals surface area (Å²) in [5.74, 6) is -0.453. The van der Waals surface area contributed by atoms with Crippen molar-refractivity contribution in [2.75, 3.05) is 13.1 Å². The van der Waals surface area contributed by atoms with Crippen molar-refractivity contribution in [1.29, 1.82) is 0 Å². The average Bonchev–Trinajstić information content (AvgIpc) is 2.73. The van der Waals surface area contributed by atoms with Gasteiger partial charge < -0.3 is 21.3 Å². The molecular formula is C24H38N4O3. The first-order valence-corrected chi connectivity index (χ1v) is 11.5. The highest BCUT2D eigenvalue weighted by molar-refractivity contribution is 5.92. The fourth-order valence-corrected chi connectivity index (χ4v) is 3.70. The van der Waals surface area contributed by atoms with E-state index in [1.54, 1.807) is 6.92 Å². The SMILES string of the molecule is CC(C)C[C@@H]1NC(=O)[C@H](C)NC(=O)[C@H](Cc2ccccc2)NCCCCCCNC1=O. The highest BCUT2D eigenvalue weighted by Gasteiger charge is 2.27. The van der Waals surface area contributed by atoms with Crippen LogP contribution >= 0.6 is 0 Å². The zero-order valence-electron chi connectivity index (χ0n) is 19.1. The Kier molecular flexibility index (Phi) is 10.5. The van der Waals surface area contributed by atoms with Gasteiger partial charge in [-0.15, -0.1) is 0 Å². The predicted octanol–water partition coefficient (Wildman–Crippen LogP) is 1.91. The summed E-state index contributed by atoms with van der Waals surface area (Å²) in [7, 11) is 0. The Hall–Kier alpha value is -2.41. The van der Waals surface area contributed by atoms with E-state index < -0.39 is 18.1 Å². The zero-order valence-corrected chi connectivity index (χ0v) is 19.1. The summed E-state index contributed by atoms with van der Waals surface area (Å²) in [5.41, 5.74) is 1.07. The molecule has 1 aliphatic rings. The van der Waals surface area contributed by atoms with Gasteiger partial charge in [0.2, 0.25) is 17.7 Å². The van der Waals surface area contributed by atoms with Crippen LogP contribution in [0.3, 0.4) is 0 Å². The Labute approximate surface area is 186 Å². The molecule has 7 nitrogen and oxygen atoms in total. The quantitative estimate of drug-likeness (QED) is 0.586. The molecule has 31 heavy (non-hydrogen) atoms. The van der Waals surface area contributed by atoms with Crippen LogP contribution in [0.1, 0.15) is 58.4 Å². The first-order valence-electron chi connectivity index (χ1n) is 11.5. The molecule has 0 aliphatic carbocycles. The van der Waals surface area contributed by atoms with Crippen LogP contribution < -0.4 is 21.3 Å². The third kappa shape index (κ3) is 9.09. The summed E-state index contributed by atoms with van der Waals surface area (Å²) in [6, 6.07) is 8.11. The molecule has 0 aromatic heterocycles. The molecule has 0 spiro atoms. The third-order valence-corrected chi connectivity index (χ3v) is 5.48. The van der Waals surface area contributed by atoms with Gasteiger partial charge in [-0.25, -0.2) is 0 Å². The van der Waals surface area contributed by atoms with Crippen LogP contribution in [-0.2, 0) is 20.8 Å². The molecule has 1 aromatic rings. The van der Waals surface area contributed by atoms with Crippen molar-refractivity contribution in [2.45, 2.75) is 77.4 Å². The lowest BCUT2D eigenvalue weighted by atomic mass is 10.0. The van der Waals surface area contributed by atoms with Gasteiger partial charge in [0.15, 0.2) is 0 Å². The molecule has 0 unspecified atom stereocenters. The molecule has 0 saturated carbocycles. The van der Waals surface area contributed by atoms with E-state index in [1.807, 2.05) is 44.2 Å². The second-order valence-corrected chi connectivity index (χ2v) is 8.82. The minimum Gasteiger partial charge on any atom is -0.354 e. The lowest BCUT2D eigenvalue weighted by Crippen LogP contribution is -2.56. The number of nitrogens with one attached hydrogen (secondary N) is 4. The van der Waals surface area contributed by atoms with Crippen LogP contribution in [0, 0.1) is 5.92 Å². The number of rotatable bonds is 4. The topological polar surface area (TPSA) is 99.3 Å². The molecule has 3 amide bonds. The fraction of sp³-hybridized carbons (Fsp3) is 0.625. The highest BCUT2D eigenvalue weighted by atomic mass is 16.2. The molecule has 1 saturated heterocycles. The molecule has 1 aliphatic heterocycles. The Morgan fingerprint density at radius 3 is 2.19 bits per heavy atom. The first-order chi connectivity index (χ1) is 14.9. The average molecular weight is 431 g/mol. The van der Waals surface area contributed by atoms with Crippen molar-refractivity contribution >= 4 is 17.7 Å². The molecule has 0 radical (unpaired) electrons. The van der Waals surface area contributed by atoms with Gasteiger partial charge in [-0.05, 0) is 50.6 Å². The molecule has 172 valence electrons. The van der Waals surface area contributed by atoms with Crippen LogP contribution in [0.5, 0.6) is 0 Å². The fourth-order valence-electron chi connectivity index (χ4n) is 3.70. The normalized spacial score (nSPS) is 24.9. The minimum atomic E-state index is -0.733. The van der Waals surface area contributed by atoms with Crippen LogP contribution in [0.2, 0.25) is 0 Å². The van der Waals surface area contributed by atoms with Crippen molar-refractivity contribution in [3.8, 4) is 0 Å². The summed E-state index contributed by atoms with van der Waals surface area (Å²) < 4.78 is 0. The van der Waals surface area contributed by atoms with Crippen LogP contribution in [0.4, 0.5) is 0 Å². The van der Waals surface area contributed by atoms with Crippen LogP contribution in [0.25, 0.3) is 0 Å². The summed E-state index contributed by atoms with van der Waals surface area (Å²) >= 11 is 0. The maximum Gasteiger partial charge on any atom is 0.242 e. The smallest absolute Gasteiger partial charge is 0.242 e. The third-order valence-electron chi connectivity index (χ3n) is 5.48. The van der Waals surface area contributed by atoms with E-state index >= 15 is 0 Å². The van der Waals surface area contributed by atoms with Gasteiger partial charge >= 0.3 is 0 Å². The second-order valence-electron chi connectivity index (χ2n) is 8.82.